The lowest BCUT2D eigenvalue weighted by molar-refractivity contribution is -0.384. The molecule has 0 bridgehead atoms. The van der Waals surface area contributed by atoms with Crippen molar-refractivity contribution in [1.29, 1.82) is 0 Å². The van der Waals surface area contributed by atoms with E-state index in [1.54, 1.807) is 24.4 Å². The van der Waals surface area contributed by atoms with Gasteiger partial charge in [-0.3, -0.25) is 19.8 Å². The molecule has 6 heterocycles. The van der Waals surface area contributed by atoms with E-state index in [0.29, 0.717) is 29.4 Å². The van der Waals surface area contributed by atoms with Crippen molar-refractivity contribution in [3.05, 3.63) is 106 Å². The van der Waals surface area contributed by atoms with E-state index in [-0.39, 0.29) is 55.1 Å². The SMILES string of the molecule is CC(C)c1ccccc1[C@H]1CCCN1C1CC2(CCN(c3ccc(C(=O)NS(=O)(=O)c4cnc(NCC5(F)CCOCC5)c([N+](=O)[O-])c4)c(Oc4cnc5[nH]ccc5c4)c3)CC2)C1. The normalized spacial score (nSPS) is 20.2. The third kappa shape index (κ3) is 8.82. The Morgan fingerprint density at radius 3 is 2.57 bits per heavy atom. The minimum Gasteiger partial charge on any atom is -0.455 e. The number of carbonyl (C=O) groups is 1. The van der Waals surface area contributed by atoms with Gasteiger partial charge in [0.05, 0.1) is 29.4 Å². The van der Waals surface area contributed by atoms with Crippen LogP contribution in [-0.4, -0.2) is 90.2 Å². The summed E-state index contributed by atoms with van der Waals surface area (Å²) >= 11 is 0. The maximum absolute atomic E-state index is 15.2. The van der Waals surface area contributed by atoms with Crippen LogP contribution >= 0.6 is 0 Å². The number of nitro groups is 1. The number of hydrogen-bond donors (Lipinski definition) is 3. The number of alkyl halides is 1. The van der Waals surface area contributed by atoms with Gasteiger partial charge in [0.25, 0.3) is 15.9 Å². The van der Waals surface area contributed by atoms with Crippen molar-refractivity contribution in [2.24, 2.45) is 5.41 Å². The van der Waals surface area contributed by atoms with Gasteiger partial charge in [-0.2, -0.15) is 0 Å². The number of likely N-dealkylation sites (tertiary alicyclic amines) is 1. The van der Waals surface area contributed by atoms with E-state index in [4.69, 9.17) is 9.47 Å². The van der Waals surface area contributed by atoms with E-state index in [1.165, 1.54) is 49.1 Å². The van der Waals surface area contributed by atoms with Gasteiger partial charge in [0.15, 0.2) is 0 Å². The van der Waals surface area contributed by atoms with Crippen LogP contribution in [0.3, 0.4) is 0 Å². The largest absolute Gasteiger partial charge is 0.455 e. The number of benzene rings is 2. The van der Waals surface area contributed by atoms with Gasteiger partial charge in [-0.05, 0) is 91.8 Å². The van der Waals surface area contributed by atoms with Crippen LogP contribution < -0.4 is 19.7 Å². The zero-order valence-corrected chi connectivity index (χ0v) is 36.3. The summed E-state index contributed by atoms with van der Waals surface area (Å²) < 4.78 is 56.1. The molecular formula is C46H53FN8O7S. The molecule has 15 nitrogen and oxygen atoms in total. The molecule has 5 aromatic rings. The van der Waals surface area contributed by atoms with Gasteiger partial charge in [-0.1, -0.05) is 38.1 Å². The molecule has 0 unspecified atom stereocenters. The van der Waals surface area contributed by atoms with Crippen LogP contribution in [0.4, 0.5) is 21.6 Å². The van der Waals surface area contributed by atoms with E-state index in [2.05, 4.69) is 68.2 Å². The summed E-state index contributed by atoms with van der Waals surface area (Å²) in [5.74, 6) is -0.370. The van der Waals surface area contributed by atoms with Crippen molar-refractivity contribution in [2.75, 3.05) is 49.6 Å². The second kappa shape index (κ2) is 17.1. The highest BCUT2D eigenvalue weighted by Gasteiger charge is 2.50. The van der Waals surface area contributed by atoms with Gasteiger partial charge in [0.1, 0.15) is 27.7 Å². The minimum absolute atomic E-state index is 0.0727. The summed E-state index contributed by atoms with van der Waals surface area (Å²) in [6.45, 7) is 7.49. The van der Waals surface area contributed by atoms with Gasteiger partial charge in [0.2, 0.25) is 5.82 Å². The molecule has 1 saturated carbocycles. The van der Waals surface area contributed by atoms with Crippen LogP contribution in [0.2, 0.25) is 0 Å². The third-order valence-electron chi connectivity index (χ3n) is 13.6. The van der Waals surface area contributed by atoms with Gasteiger partial charge in [-0.15, -0.1) is 0 Å². The number of aromatic nitrogens is 3. The third-order valence-corrected chi connectivity index (χ3v) is 14.9. The van der Waals surface area contributed by atoms with E-state index in [9.17, 15) is 23.3 Å². The number of rotatable bonds is 13. The molecular weight excluding hydrogens is 828 g/mol. The molecule has 1 amide bonds. The lowest BCUT2D eigenvalue weighted by Gasteiger charge is -2.56. The van der Waals surface area contributed by atoms with Crippen molar-refractivity contribution in [3.63, 3.8) is 0 Å². The number of fused-ring (bicyclic) bond motifs is 1. The van der Waals surface area contributed by atoms with E-state index in [1.807, 2.05) is 10.8 Å². The number of hydrogen-bond acceptors (Lipinski definition) is 12. The molecule has 17 heteroatoms. The topological polar surface area (TPSA) is 185 Å². The molecule has 1 spiro atoms. The Balaban J connectivity index is 0.905. The molecule has 4 fully saturated rings. The number of carbonyl (C=O) groups excluding carboxylic acids is 1. The fourth-order valence-corrected chi connectivity index (χ4v) is 11.0. The number of ether oxygens (including phenoxy) is 2. The first kappa shape index (κ1) is 42.6. The Morgan fingerprint density at radius 1 is 1.03 bits per heavy atom. The van der Waals surface area contributed by atoms with Gasteiger partial charge >= 0.3 is 5.69 Å². The van der Waals surface area contributed by atoms with Gasteiger partial charge in [-0.25, -0.2) is 27.5 Å². The number of anilines is 2. The van der Waals surface area contributed by atoms with Gasteiger partial charge < -0.3 is 24.7 Å². The molecule has 9 rings (SSSR count). The first-order valence-corrected chi connectivity index (χ1v) is 23.3. The Hall–Kier alpha value is -5.65. The molecule has 3 aromatic heterocycles. The number of halogens is 1. The van der Waals surface area contributed by atoms with Crippen LogP contribution in [0, 0.1) is 15.5 Å². The highest BCUT2D eigenvalue weighted by molar-refractivity contribution is 7.90. The molecule has 3 N–H and O–H groups in total. The smallest absolute Gasteiger partial charge is 0.312 e. The number of amides is 1. The zero-order valence-electron chi connectivity index (χ0n) is 35.5. The quantitative estimate of drug-likeness (QED) is 0.0759. The summed E-state index contributed by atoms with van der Waals surface area (Å²) in [5.41, 5.74) is 2.28. The fraction of sp³-hybridized carbons (Fsp3) is 0.457. The molecule has 0 radical (unpaired) electrons. The summed E-state index contributed by atoms with van der Waals surface area (Å²) in [4.78, 5) is 41.0. The number of nitrogens with one attached hydrogen (secondary N) is 3. The van der Waals surface area contributed by atoms with E-state index in [0.717, 1.165) is 55.8 Å². The standard InChI is InChI=1S/C46H53FN8O7S/c1-30(2)36-6-3-4-7-37(36)39-8-5-17-54(39)33-25-45(26-33)12-18-53(19-13-45)32-9-10-38(41(23-32)62-34-22-31-11-16-48-42(31)49-27-34)44(56)52-63(59,60)35-24-40(55(57)58)43(50-28-35)51-29-46(47)14-20-61-21-15-46/h3-4,6-7,9-11,16,22-24,27-28,30,33,39H,5,8,12-15,17-21,25-26,29H2,1-2H3,(H,48,49)(H,50,51)(H,52,56)/t39-/m1/s1. The lowest BCUT2D eigenvalue weighted by atomic mass is 9.59. The predicted molar refractivity (Wildman–Crippen MR) is 237 cm³/mol. The Morgan fingerprint density at radius 2 is 1.81 bits per heavy atom. The Kier molecular flexibility index (Phi) is 11.6. The highest BCUT2D eigenvalue weighted by Crippen LogP contribution is 2.54. The minimum atomic E-state index is -4.69. The first-order valence-electron chi connectivity index (χ1n) is 21.9. The summed E-state index contributed by atoms with van der Waals surface area (Å²) in [6, 6.07) is 19.4. The zero-order chi connectivity index (χ0) is 43.9. The average molecular weight is 881 g/mol. The van der Waals surface area contributed by atoms with Crippen LogP contribution in [-0.2, 0) is 14.8 Å². The van der Waals surface area contributed by atoms with Crippen LogP contribution in [0.1, 0.15) is 98.7 Å². The van der Waals surface area contributed by atoms with Crippen molar-refractivity contribution >= 4 is 44.2 Å². The average Bonchev–Trinajstić information content (AvgIpc) is 3.95. The monoisotopic (exact) mass is 880 g/mol. The molecule has 3 saturated heterocycles. The number of piperidine rings is 1. The molecule has 1 atom stereocenters. The molecule has 332 valence electrons. The number of sulfonamides is 1. The molecule has 2 aromatic carbocycles. The van der Waals surface area contributed by atoms with Crippen molar-refractivity contribution in [1.82, 2.24) is 24.6 Å². The summed E-state index contributed by atoms with van der Waals surface area (Å²) in [5, 5.41) is 15.5. The van der Waals surface area contributed by atoms with Crippen LogP contribution in [0.5, 0.6) is 11.5 Å². The van der Waals surface area contributed by atoms with E-state index < -0.39 is 37.1 Å². The molecule has 3 aliphatic heterocycles. The van der Waals surface area contributed by atoms with Crippen LogP contribution in [0.15, 0.2) is 84.1 Å². The number of pyridine rings is 2. The Labute approximate surface area is 366 Å². The van der Waals surface area contributed by atoms with Crippen LogP contribution in [0.25, 0.3) is 11.0 Å². The molecule has 63 heavy (non-hydrogen) atoms. The summed E-state index contributed by atoms with van der Waals surface area (Å²) in [7, 11) is -4.69. The van der Waals surface area contributed by atoms with Crippen molar-refractivity contribution in [3.8, 4) is 11.5 Å². The predicted octanol–water partition coefficient (Wildman–Crippen LogP) is 8.42. The molecule has 1 aliphatic carbocycles. The Bertz CT molecular complexity index is 2620. The number of H-pyrrole nitrogens is 1. The second-order valence-corrected chi connectivity index (χ2v) is 19.6. The fourth-order valence-electron chi connectivity index (χ4n) is 10.1. The lowest BCUT2D eigenvalue weighted by Crippen LogP contribution is -2.54. The van der Waals surface area contributed by atoms with Crippen molar-refractivity contribution < 1.29 is 32.0 Å². The maximum Gasteiger partial charge on any atom is 0.312 e. The second-order valence-electron chi connectivity index (χ2n) is 17.9. The molecule has 4 aliphatic rings. The van der Waals surface area contributed by atoms with E-state index >= 15 is 4.39 Å². The number of nitrogens with zero attached hydrogens (tertiary/aromatic N) is 5. The summed E-state index contributed by atoms with van der Waals surface area (Å²) in [6.07, 6.45) is 11.2. The van der Waals surface area contributed by atoms with Crippen molar-refractivity contribution in [2.45, 2.75) is 93.8 Å². The first-order chi connectivity index (χ1) is 30.3. The maximum atomic E-state index is 15.2. The highest BCUT2D eigenvalue weighted by atomic mass is 32.2. The number of aromatic amines is 1. The van der Waals surface area contributed by atoms with Gasteiger partial charge in [0, 0.05) is 80.6 Å².